The molecule has 2 saturated heterocycles. The van der Waals surface area contributed by atoms with E-state index in [4.69, 9.17) is 4.52 Å². The summed E-state index contributed by atoms with van der Waals surface area (Å²) in [5, 5.41) is 6.64. The zero-order valence-electron chi connectivity index (χ0n) is 13.3. The van der Waals surface area contributed by atoms with Gasteiger partial charge in [0.15, 0.2) is 5.76 Å². The number of hydrogen-bond acceptors (Lipinski definition) is 6. The van der Waals surface area contributed by atoms with E-state index in [0.29, 0.717) is 23.7 Å². The van der Waals surface area contributed by atoms with Gasteiger partial charge in [-0.05, 0) is 19.9 Å². The Morgan fingerprint density at radius 3 is 2.79 bits per heavy atom. The summed E-state index contributed by atoms with van der Waals surface area (Å²) in [5.74, 6) is 0.370. The minimum atomic E-state index is -3.61. The fraction of sp³-hybridized carbons (Fsp3) is 0.467. The molecule has 4 rings (SSSR count). The highest BCUT2D eigenvalue weighted by Crippen LogP contribution is 2.38. The maximum atomic E-state index is 13.0. The highest BCUT2D eigenvalue weighted by atomic mass is 32.2. The quantitative estimate of drug-likeness (QED) is 0.885. The lowest BCUT2D eigenvalue weighted by Gasteiger charge is -2.17. The van der Waals surface area contributed by atoms with Gasteiger partial charge in [0.05, 0.1) is 21.4 Å². The van der Waals surface area contributed by atoms with Crippen LogP contribution in [-0.4, -0.2) is 43.4 Å². The summed E-state index contributed by atoms with van der Waals surface area (Å²) in [6, 6.07) is 3.43. The Labute approximate surface area is 143 Å². The number of thiophene rings is 1. The summed E-state index contributed by atoms with van der Waals surface area (Å²) in [5.41, 5.74) is 0.749. The van der Waals surface area contributed by atoms with Gasteiger partial charge in [-0.15, -0.1) is 11.3 Å². The molecule has 0 aliphatic carbocycles. The van der Waals surface area contributed by atoms with Crippen molar-refractivity contribution < 1.29 is 17.7 Å². The predicted octanol–water partition coefficient (Wildman–Crippen LogP) is 1.39. The average Bonchev–Trinajstić information content (AvgIpc) is 3.25. The standard InChI is InChI=1S/C15H17N3O4S2/c1-8-3-12(22-17-8)13-4-14(9(2)23-13)24(20,21)18-6-10-5-16-15(19)11(10)7-18/h3-4,10-11H,5-7H2,1-2H3,(H,16,19)/t10-,11+/m0/s1. The minimum absolute atomic E-state index is 0.0439. The number of rotatable bonds is 3. The molecule has 2 aromatic heterocycles. The van der Waals surface area contributed by atoms with Crippen LogP contribution < -0.4 is 5.32 Å². The Kier molecular flexibility index (Phi) is 3.55. The highest BCUT2D eigenvalue weighted by molar-refractivity contribution is 7.89. The van der Waals surface area contributed by atoms with E-state index in [1.165, 1.54) is 15.6 Å². The molecule has 128 valence electrons. The molecule has 0 aromatic carbocycles. The van der Waals surface area contributed by atoms with E-state index in [0.717, 1.165) is 10.6 Å². The molecular weight excluding hydrogens is 350 g/mol. The van der Waals surface area contributed by atoms with Crippen molar-refractivity contribution in [3.8, 4) is 10.6 Å². The first-order chi connectivity index (χ1) is 11.4. The molecule has 0 saturated carbocycles. The number of nitrogens with one attached hydrogen (secondary N) is 1. The second-order valence-corrected chi connectivity index (χ2v) is 9.46. The molecule has 2 aliphatic heterocycles. The topological polar surface area (TPSA) is 92.5 Å². The van der Waals surface area contributed by atoms with Crippen LogP contribution in [-0.2, 0) is 14.8 Å². The molecule has 4 heterocycles. The van der Waals surface area contributed by atoms with Gasteiger partial charge in [0.1, 0.15) is 0 Å². The molecule has 2 aliphatic rings. The summed E-state index contributed by atoms with van der Waals surface area (Å²) >= 11 is 1.37. The van der Waals surface area contributed by atoms with Crippen LogP contribution in [0.3, 0.4) is 0 Å². The Hall–Kier alpha value is -1.71. The van der Waals surface area contributed by atoms with Gasteiger partial charge >= 0.3 is 0 Å². The number of amides is 1. The molecule has 24 heavy (non-hydrogen) atoms. The molecule has 9 heteroatoms. The number of aromatic nitrogens is 1. The summed E-state index contributed by atoms with van der Waals surface area (Å²) in [7, 11) is -3.61. The number of carbonyl (C=O) groups excluding carboxylic acids is 1. The van der Waals surface area contributed by atoms with Crippen LogP contribution in [0.4, 0.5) is 0 Å². The maximum Gasteiger partial charge on any atom is 0.244 e. The first-order valence-electron chi connectivity index (χ1n) is 7.68. The van der Waals surface area contributed by atoms with Crippen molar-refractivity contribution in [2.24, 2.45) is 11.8 Å². The van der Waals surface area contributed by atoms with Crippen molar-refractivity contribution in [1.29, 1.82) is 0 Å². The van der Waals surface area contributed by atoms with E-state index in [1.807, 2.05) is 6.92 Å². The van der Waals surface area contributed by atoms with Crippen LogP contribution in [0.25, 0.3) is 10.6 Å². The van der Waals surface area contributed by atoms with Gasteiger partial charge in [0.2, 0.25) is 15.9 Å². The molecule has 2 fully saturated rings. The van der Waals surface area contributed by atoms with Gasteiger partial charge in [-0.1, -0.05) is 5.16 Å². The normalized spacial score (nSPS) is 24.3. The number of hydrogen-bond donors (Lipinski definition) is 1. The molecule has 0 radical (unpaired) electrons. The second kappa shape index (κ2) is 5.40. The number of nitrogens with zero attached hydrogens (tertiary/aromatic N) is 2. The number of carbonyl (C=O) groups is 1. The van der Waals surface area contributed by atoms with E-state index >= 15 is 0 Å². The monoisotopic (exact) mass is 367 g/mol. The molecule has 1 N–H and O–H groups in total. The molecule has 1 amide bonds. The van der Waals surface area contributed by atoms with Gasteiger partial charge in [-0.2, -0.15) is 4.31 Å². The number of sulfonamides is 1. The average molecular weight is 367 g/mol. The van der Waals surface area contributed by atoms with Crippen LogP contribution in [0.2, 0.25) is 0 Å². The van der Waals surface area contributed by atoms with E-state index in [9.17, 15) is 13.2 Å². The summed E-state index contributed by atoms with van der Waals surface area (Å²) < 4.78 is 32.7. The van der Waals surface area contributed by atoms with E-state index in [1.54, 1.807) is 19.1 Å². The van der Waals surface area contributed by atoms with E-state index < -0.39 is 10.0 Å². The Balaban J connectivity index is 1.66. The highest BCUT2D eigenvalue weighted by Gasteiger charge is 2.46. The van der Waals surface area contributed by atoms with Crippen molar-refractivity contribution >= 4 is 27.3 Å². The maximum absolute atomic E-state index is 13.0. The van der Waals surface area contributed by atoms with Crippen molar-refractivity contribution in [2.75, 3.05) is 19.6 Å². The van der Waals surface area contributed by atoms with Crippen LogP contribution >= 0.6 is 11.3 Å². The molecule has 0 bridgehead atoms. The van der Waals surface area contributed by atoms with Gasteiger partial charge in [-0.25, -0.2) is 8.42 Å². The third kappa shape index (κ3) is 2.38. The Bertz CT molecular complexity index is 915. The SMILES string of the molecule is Cc1cc(-c2cc(S(=O)(=O)N3C[C@@H]4CNC(=O)[C@@H]4C3)c(C)s2)on1. The zero-order valence-corrected chi connectivity index (χ0v) is 14.9. The molecule has 0 spiro atoms. The summed E-state index contributed by atoms with van der Waals surface area (Å²) in [4.78, 5) is 13.5. The lowest BCUT2D eigenvalue weighted by molar-refractivity contribution is -0.122. The van der Waals surface area contributed by atoms with Gasteiger partial charge in [0.25, 0.3) is 0 Å². The van der Waals surface area contributed by atoms with Crippen molar-refractivity contribution in [1.82, 2.24) is 14.8 Å². The zero-order chi connectivity index (χ0) is 17.1. The van der Waals surface area contributed by atoms with Crippen molar-refractivity contribution in [2.45, 2.75) is 18.7 Å². The lowest BCUT2D eigenvalue weighted by atomic mass is 10.0. The van der Waals surface area contributed by atoms with E-state index in [2.05, 4.69) is 10.5 Å². The Morgan fingerprint density at radius 1 is 1.33 bits per heavy atom. The third-order valence-electron chi connectivity index (χ3n) is 4.64. The van der Waals surface area contributed by atoms with Gasteiger partial charge in [0, 0.05) is 36.5 Å². The molecule has 2 atom stereocenters. The number of fused-ring (bicyclic) bond motifs is 1. The van der Waals surface area contributed by atoms with Crippen molar-refractivity contribution in [3.63, 3.8) is 0 Å². The fourth-order valence-corrected chi connectivity index (χ4v) is 6.39. The Morgan fingerprint density at radius 2 is 2.12 bits per heavy atom. The summed E-state index contributed by atoms with van der Waals surface area (Å²) in [6.45, 7) is 4.80. The molecule has 7 nitrogen and oxygen atoms in total. The molecular formula is C15H17N3O4S2. The minimum Gasteiger partial charge on any atom is -0.355 e. The first-order valence-corrected chi connectivity index (χ1v) is 9.94. The number of aryl methyl sites for hydroxylation is 2. The summed E-state index contributed by atoms with van der Waals surface area (Å²) in [6.07, 6.45) is 0. The largest absolute Gasteiger partial charge is 0.355 e. The predicted molar refractivity (Wildman–Crippen MR) is 88.0 cm³/mol. The van der Waals surface area contributed by atoms with Crippen molar-refractivity contribution in [3.05, 3.63) is 22.7 Å². The smallest absolute Gasteiger partial charge is 0.244 e. The van der Waals surface area contributed by atoms with Crippen LogP contribution in [0.5, 0.6) is 0 Å². The van der Waals surface area contributed by atoms with Gasteiger partial charge < -0.3 is 9.84 Å². The van der Waals surface area contributed by atoms with Crippen LogP contribution in [0.1, 0.15) is 10.6 Å². The van der Waals surface area contributed by atoms with Crippen LogP contribution in [0, 0.1) is 25.7 Å². The first kappa shape index (κ1) is 15.8. The van der Waals surface area contributed by atoms with Crippen LogP contribution in [0.15, 0.2) is 21.6 Å². The second-order valence-electron chi connectivity index (χ2n) is 6.30. The lowest BCUT2D eigenvalue weighted by Crippen LogP contribution is -2.33. The van der Waals surface area contributed by atoms with Gasteiger partial charge in [-0.3, -0.25) is 4.79 Å². The fourth-order valence-electron chi connectivity index (χ4n) is 3.36. The van der Waals surface area contributed by atoms with E-state index in [-0.39, 0.29) is 29.2 Å². The molecule has 0 unspecified atom stereocenters. The molecule has 2 aromatic rings. The third-order valence-corrected chi connectivity index (χ3v) is 7.80.